The summed E-state index contributed by atoms with van der Waals surface area (Å²) in [4.78, 5) is 15.1. The molecule has 0 radical (unpaired) electrons. The van der Waals surface area contributed by atoms with Crippen molar-refractivity contribution in [2.24, 2.45) is 5.92 Å². The fraction of sp³-hybridized carbons (Fsp3) is 0.708. The van der Waals surface area contributed by atoms with E-state index in [0.29, 0.717) is 24.8 Å². The molecule has 3 aliphatic rings. The molecule has 162 valence electrons. The van der Waals surface area contributed by atoms with E-state index in [-0.39, 0.29) is 23.3 Å². The van der Waals surface area contributed by atoms with Gasteiger partial charge in [0, 0.05) is 43.5 Å². The van der Waals surface area contributed by atoms with Gasteiger partial charge in [0.15, 0.2) is 11.5 Å². The van der Waals surface area contributed by atoms with Gasteiger partial charge >= 0.3 is 0 Å². The summed E-state index contributed by atoms with van der Waals surface area (Å²) in [6, 6.07) is 3.50. The van der Waals surface area contributed by atoms with Crippen LogP contribution in [0, 0.1) is 12.8 Å². The molecule has 3 atom stereocenters. The van der Waals surface area contributed by atoms with E-state index in [1.807, 2.05) is 26.8 Å². The monoisotopic (exact) mass is 403 g/mol. The van der Waals surface area contributed by atoms with Crippen LogP contribution in [0.2, 0.25) is 0 Å². The van der Waals surface area contributed by atoms with Gasteiger partial charge in [0.2, 0.25) is 0 Å². The van der Waals surface area contributed by atoms with Crippen LogP contribution in [0.1, 0.15) is 70.4 Å². The van der Waals surface area contributed by atoms with Crippen molar-refractivity contribution < 1.29 is 19.7 Å². The molecule has 5 heteroatoms. The van der Waals surface area contributed by atoms with Gasteiger partial charge in [-0.1, -0.05) is 19.9 Å². The van der Waals surface area contributed by atoms with E-state index in [4.69, 9.17) is 4.74 Å². The molecule has 3 unspecified atom stereocenters. The van der Waals surface area contributed by atoms with Gasteiger partial charge in [0.1, 0.15) is 5.78 Å². The summed E-state index contributed by atoms with van der Waals surface area (Å²) in [5.41, 5.74) is 0.452. The van der Waals surface area contributed by atoms with Crippen LogP contribution >= 0.6 is 0 Å². The second kappa shape index (κ2) is 8.27. The molecule has 2 saturated carbocycles. The maximum absolute atomic E-state index is 12.6. The molecular formula is C24H37NO4. The molecule has 2 N–H and O–H groups in total. The first-order chi connectivity index (χ1) is 13.8. The number of rotatable bonds is 4. The van der Waals surface area contributed by atoms with Crippen LogP contribution in [0.15, 0.2) is 12.1 Å². The Morgan fingerprint density at radius 3 is 2.52 bits per heavy atom. The van der Waals surface area contributed by atoms with E-state index < -0.39 is 11.0 Å². The van der Waals surface area contributed by atoms with Gasteiger partial charge in [0.25, 0.3) is 0 Å². The summed E-state index contributed by atoms with van der Waals surface area (Å²) >= 11 is 0. The summed E-state index contributed by atoms with van der Waals surface area (Å²) in [5, 5.41) is 21.1. The van der Waals surface area contributed by atoms with Crippen LogP contribution in [0.25, 0.3) is 0 Å². The first-order valence-electron chi connectivity index (χ1n) is 11.2. The first kappa shape index (κ1) is 22.1. The topological polar surface area (TPSA) is 70.0 Å². The van der Waals surface area contributed by atoms with Crippen molar-refractivity contribution in [1.82, 2.24) is 4.90 Å². The number of nitrogens with zero attached hydrogens (tertiary/aromatic N) is 1. The van der Waals surface area contributed by atoms with Crippen LogP contribution < -0.4 is 0 Å². The predicted molar refractivity (Wildman–Crippen MR) is 115 cm³/mol. The number of hydrogen-bond acceptors (Lipinski definition) is 5. The summed E-state index contributed by atoms with van der Waals surface area (Å²) in [7, 11) is 1.75. The summed E-state index contributed by atoms with van der Waals surface area (Å²) in [6.07, 6.45) is 4.88. The molecule has 4 rings (SSSR count). The Labute approximate surface area is 175 Å². The summed E-state index contributed by atoms with van der Waals surface area (Å²) in [6.45, 7) is 10.1. The Bertz CT molecular complexity index is 759. The lowest BCUT2D eigenvalue weighted by Crippen LogP contribution is -2.70. The smallest absolute Gasteiger partial charge is 0.161 e. The number of ketones is 1. The number of fused-ring (bicyclic) bond motifs is 1. The quantitative estimate of drug-likeness (QED) is 0.733. The van der Waals surface area contributed by atoms with Crippen LogP contribution in [-0.4, -0.2) is 52.7 Å². The van der Waals surface area contributed by atoms with E-state index in [9.17, 15) is 15.0 Å². The van der Waals surface area contributed by atoms with Gasteiger partial charge in [-0.05, 0) is 63.6 Å². The number of methoxy groups -OCH3 is 1. The van der Waals surface area contributed by atoms with Crippen molar-refractivity contribution in [3.05, 3.63) is 23.3 Å². The predicted octanol–water partition coefficient (Wildman–Crippen LogP) is 4.31. The van der Waals surface area contributed by atoms with E-state index in [1.165, 1.54) is 18.9 Å². The van der Waals surface area contributed by atoms with Crippen molar-refractivity contribution in [3.8, 4) is 11.5 Å². The van der Waals surface area contributed by atoms with Crippen molar-refractivity contribution in [3.63, 3.8) is 0 Å². The van der Waals surface area contributed by atoms with E-state index in [0.717, 1.165) is 31.0 Å². The third kappa shape index (κ3) is 3.46. The van der Waals surface area contributed by atoms with E-state index >= 15 is 0 Å². The van der Waals surface area contributed by atoms with Crippen molar-refractivity contribution >= 4 is 5.78 Å². The molecule has 3 fully saturated rings. The zero-order chi connectivity index (χ0) is 21.4. The molecule has 0 spiro atoms. The molecule has 1 aromatic carbocycles. The van der Waals surface area contributed by atoms with Crippen LogP contribution in [-0.2, 0) is 14.9 Å². The third-order valence-electron chi connectivity index (χ3n) is 7.53. The average Bonchev–Trinajstić information content (AvgIpc) is 3.53. The van der Waals surface area contributed by atoms with Gasteiger partial charge in [-0.25, -0.2) is 0 Å². The van der Waals surface area contributed by atoms with E-state index in [2.05, 4.69) is 11.8 Å². The number of carbonyl (C=O) groups excluding carboxylic acids is 1. The molecule has 0 aromatic heterocycles. The maximum Gasteiger partial charge on any atom is 0.161 e. The van der Waals surface area contributed by atoms with Crippen molar-refractivity contribution in [2.75, 3.05) is 20.2 Å². The number of benzene rings is 1. The Morgan fingerprint density at radius 2 is 1.90 bits per heavy atom. The molecule has 1 aliphatic heterocycles. The largest absolute Gasteiger partial charge is 0.504 e. The fourth-order valence-electron chi connectivity index (χ4n) is 5.93. The van der Waals surface area contributed by atoms with Crippen LogP contribution in [0.5, 0.6) is 11.5 Å². The number of hydrogen-bond donors (Lipinski definition) is 2. The second-order valence-electron chi connectivity index (χ2n) is 8.88. The first-order valence-corrected chi connectivity index (χ1v) is 11.2. The zero-order valence-corrected chi connectivity index (χ0v) is 18.6. The minimum atomic E-state index is -0.608. The Kier molecular flexibility index (Phi) is 6.30. The number of Topliss-reactive ketones (excluding diaryl/α,β-unsaturated/α-hetero) is 1. The third-order valence-corrected chi connectivity index (χ3v) is 7.53. The lowest BCUT2D eigenvalue weighted by atomic mass is 9.52. The molecule has 1 heterocycles. The number of likely N-dealkylation sites (tertiary alicyclic amines) is 1. The fourth-order valence-corrected chi connectivity index (χ4v) is 5.93. The molecule has 5 nitrogen and oxygen atoms in total. The highest BCUT2D eigenvalue weighted by Crippen LogP contribution is 2.58. The number of aromatic hydroxyl groups is 2. The van der Waals surface area contributed by atoms with E-state index in [1.54, 1.807) is 7.11 Å². The minimum absolute atomic E-state index is 0.0889. The molecule has 1 aromatic rings. The molecule has 29 heavy (non-hydrogen) atoms. The molecule has 0 bridgehead atoms. The van der Waals surface area contributed by atoms with Gasteiger partial charge in [0.05, 0.1) is 5.60 Å². The number of carbonyl (C=O) groups is 1. The van der Waals surface area contributed by atoms with Crippen LogP contribution in [0.4, 0.5) is 0 Å². The van der Waals surface area contributed by atoms with Gasteiger partial charge in [-0.2, -0.15) is 0 Å². The average molecular weight is 404 g/mol. The highest BCUT2D eigenvalue weighted by atomic mass is 16.5. The SMILES string of the molecule is CC.COC12CCC(=O)CC1(c1c(C)ccc(O)c1O)CCN(CC1CC1)C2C. The minimum Gasteiger partial charge on any atom is -0.504 e. The number of phenols is 2. The number of piperidine rings is 1. The normalized spacial score (nSPS) is 32.3. The molecular weight excluding hydrogens is 366 g/mol. The van der Waals surface area contributed by atoms with Gasteiger partial charge in [-0.3, -0.25) is 9.69 Å². The summed E-state index contributed by atoms with van der Waals surface area (Å²) < 4.78 is 6.30. The molecule has 0 amide bonds. The van der Waals surface area contributed by atoms with Crippen LogP contribution in [0.3, 0.4) is 0 Å². The lowest BCUT2D eigenvalue weighted by Gasteiger charge is -2.61. The van der Waals surface area contributed by atoms with Crippen molar-refractivity contribution in [1.29, 1.82) is 0 Å². The second-order valence-corrected chi connectivity index (χ2v) is 8.88. The number of ether oxygens (including phenoxy) is 1. The Hall–Kier alpha value is -1.59. The zero-order valence-electron chi connectivity index (χ0n) is 18.6. The molecule has 1 saturated heterocycles. The van der Waals surface area contributed by atoms with Gasteiger partial charge < -0.3 is 14.9 Å². The molecule has 2 aliphatic carbocycles. The lowest BCUT2D eigenvalue weighted by molar-refractivity contribution is -0.179. The van der Waals surface area contributed by atoms with Crippen molar-refractivity contribution in [2.45, 2.75) is 83.3 Å². The Balaban J connectivity index is 0.00000117. The summed E-state index contributed by atoms with van der Waals surface area (Å²) in [5.74, 6) is 0.790. The standard InChI is InChI=1S/C22H31NO4.C2H6/c1-14-4-7-18(25)20(26)19(14)21-10-11-23(13-16-5-6-16)15(2)22(21,27-3)9-8-17(24)12-21;1-2/h4,7,15-16,25-26H,5-6,8-13H2,1-3H3;1-2H3. The maximum atomic E-state index is 12.6. The number of aryl methyl sites for hydroxylation is 1. The highest BCUT2D eigenvalue weighted by Gasteiger charge is 2.63. The number of phenolic OH excluding ortho intramolecular Hbond substituents is 2. The Morgan fingerprint density at radius 1 is 1.21 bits per heavy atom. The van der Waals surface area contributed by atoms with Gasteiger partial charge in [-0.15, -0.1) is 0 Å². The highest BCUT2D eigenvalue weighted by molar-refractivity contribution is 5.82.